The maximum absolute atomic E-state index is 5.52. The van der Waals surface area contributed by atoms with E-state index in [1.165, 1.54) is 0 Å². The van der Waals surface area contributed by atoms with Gasteiger partial charge in [0.2, 0.25) is 5.89 Å². The highest BCUT2D eigenvalue weighted by Crippen LogP contribution is 2.37. The van der Waals surface area contributed by atoms with Crippen molar-refractivity contribution in [1.82, 2.24) is 4.98 Å². The summed E-state index contributed by atoms with van der Waals surface area (Å²) in [6, 6.07) is 0. The molecule has 1 aromatic rings. The van der Waals surface area contributed by atoms with Crippen LogP contribution in [0.1, 0.15) is 17.3 Å². The van der Waals surface area contributed by atoms with E-state index in [9.17, 15) is 0 Å². The number of aryl methyl sites for hydroxylation is 2. The highest BCUT2D eigenvalue weighted by Gasteiger charge is 2.29. The molecule has 62 valence electrons. The van der Waals surface area contributed by atoms with Crippen LogP contribution in [0, 0.1) is 13.8 Å². The third-order valence-electron chi connectivity index (χ3n) is 1.27. The summed E-state index contributed by atoms with van der Waals surface area (Å²) in [6.45, 7) is 3.56. The number of hydrogen-bond acceptors (Lipinski definition) is 2. The first-order valence-electron chi connectivity index (χ1n) is 2.92. The van der Waals surface area contributed by atoms with E-state index in [1.807, 2.05) is 0 Å². The van der Waals surface area contributed by atoms with Crippen LogP contribution < -0.4 is 0 Å². The molecule has 0 saturated carbocycles. The van der Waals surface area contributed by atoms with Crippen LogP contribution in [0.5, 0.6) is 0 Å². The molecule has 0 unspecified atom stereocenters. The van der Waals surface area contributed by atoms with Crippen molar-refractivity contribution in [2.75, 3.05) is 0 Å². The zero-order valence-electron chi connectivity index (χ0n) is 5.99. The van der Waals surface area contributed by atoms with Crippen LogP contribution in [0.15, 0.2) is 4.42 Å². The first-order chi connectivity index (χ1) is 4.91. The lowest BCUT2D eigenvalue weighted by molar-refractivity contribution is 0.477. The normalized spacial score (nSPS) is 12.1. The fourth-order valence-electron chi connectivity index (χ4n) is 0.594. The lowest BCUT2D eigenvalue weighted by atomic mass is 10.4. The van der Waals surface area contributed by atoms with Crippen LogP contribution >= 0.6 is 34.8 Å². The highest BCUT2D eigenvalue weighted by atomic mass is 35.6. The Labute approximate surface area is 79.5 Å². The molecule has 5 heteroatoms. The minimum atomic E-state index is -1.56. The van der Waals surface area contributed by atoms with Gasteiger partial charge >= 0.3 is 0 Å². The van der Waals surface area contributed by atoms with Gasteiger partial charge in [-0.2, -0.15) is 0 Å². The van der Waals surface area contributed by atoms with Gasteiger partial charge in [-0.05, 0) is 13.8 Å². The van der Waals surface area contributed by atoms with Crippen LogP contribution in [0.4, 0.5) is 0 Å². The predicted octanol–water partition coefficient (Wildman–Crippen LogP) is 3.12. The molecule has 0 bridgehead atoms. The van der Waals surface area contributed by atoms with Crippen molar-refractivity contribution in [3.05, 3.63) is 17.3 Å². The van der Waals surface area contributed by atoms with Gasteiger partial charge in [0.25, 0.3) is 3.79 Å². The Hall–Kier alpha value is 0.0800. The summed E-state index contributed by atoms with van der Waals surface area (Å²) in [4.78, 5) is 3.92. The van der Waals surface area contributed by atoms with Crippen molar-refractivity contribution in [1.29, 1.82) is 0 Å². The van der Waals surface area contributed by atoms with E-state index < -0.39 is 3.79 Å². The Balaban J connectivity index is 3.08. The standard InChI is InChI=1S/C6H6Cl3NO/c1-3-4(2)11-5(10-3)6(7,8)9/h1-2H3. The molecule has 0 aliphatic rings. The van der Waals surface area contributed by atoms with Crippen LogP contribution in [0.25, 0.3) is 0 Å². The van der Waals surface area contributed by atoms with E-state index in [-0.39, 0.29) is 5.89 Å². The summed E-state index contributed by atoms with van der Waals surface area (Å²) < 4.78 is 3.52. The molecule has 0 fully saturated rings. The quantitative estimate of drug-likeness (QED) is 0.620. The molecule has 0 aliphatic carbocycles. The molecule has 0 aliphatic heterocycles. The van der Waals surface area contributed by atoms with Crippen molar-refractivity contribution in [2.45, 2.75) is 17.6 Å². The molecule has 1 heterocycles. The van der Waals surface area contributed by atoms with Crippen LogP contribution in [0.2, 0.25) is 0 Å². The smallest absolute Gasteiger partial charge is 0.266 e. The van der Waals surface area contributed by atoms with Crippen LogP contribution in [0.3, 0.4) is 0 Å². The lowest BCUT2D eigenvalue weighted by Gasteiger charge is -2.02. The molecule has 0 aromatic carbocycles. The van der Waals surface area contributed by atoms with Gasteiger partial charge in [-0.3, -0.25) is 0 Å². The zero-order chi connectivity index (χ0) is 8.65. The first kappa shape index (κ1) is 9.17. The molecule has 0 spiro atoms. The molecule has 0 saturated heterocycles. The van der Waals surface area contributed by atoms with Gasteiger partial charge in [-0.1, -0.05) is 34.8 Å². The maximum atomic E-state index is 5.52. The third kappa shape index (κ3) is 2.01. The molecule has 1 rings (SSSR count). The summed E-state index contributed by atoms with van der Waals surface area (Å²) in [5, 5.41) is 0. The minimum Gasteiger partial charge on any atom is -0.441 e. The SMILES string of the molecule is Cc1nc(C(Cl)(Cl)Cl)oc1C. The van der Waals surface area contributed by atoms with Crippen LogP contribution in [-0.4, -0.2) is 4.98 Å². The first-order valence-corrected chi connectivity index (χ1v) is 4.06. The van der Waals surface area contributed by atoms with E-state index >= 15 is 0 Å². The third-order valence-corrected chi connectivity index (χ3v) is 1.76. The molecular weight excluding hydrogens is 208 g/mol. The molecular formula is C6H6Cl3NO. The molecule has 2 nitrogen and oxygen atoms in total. The van der Waals surface area contributed by atoms with Crippen molar-refractivity contribution >= 4 is 34.8 Å². The average molecular weight is 214 g/mol. The van der Waals surface area contributed by atoms with Gasteiger partial charge in [-0.25, -0.2) is 4.98 Å². The Kier molecular flexibility index (Phi) is 2.37. The van der Waals surface area contributed by atoms with Gasteiger partial charge in [-0.15, -0.1) is 0 Å². The molecule has 0 radical (unpaired) electrons. The van der Waals surface area contributed by atoms with E-state index in [1.54, 1.807) is 13.8 Å². The Morgan fingerprint density at radius 2 is 1.82 bits per heavy atom. The molecule has 0 atom stereocenters. The summed E-state index contributed by atoms with van der Waals surface area (Å²) >= 11 is 16.6. The number of oxazole rings is 1. The van der Waals surface area contributed by atoms with E-state index in [4.69, 9.17) is 39.2 Å². The maximum Gasteiger partial charge on any atom is 0.266 e. The fourth-order valence-corrected chi connectivity index (χ4v) is 0.836. The summed E-state index contributed by atoms with van der Waals surface area (Å²) in [5.41, 5.74) is 0.742. The Morgan fingerprint density at radius 1 is 1.27 bits per heavy atom. The molecule has 0 amide bonds. The second-order valence-corrected chi connectivity index (χ2v) is 4.44. The molecule has 1 aromatic heterocycles. The van der Waals surface area contributed by atoms with Crippen molar-refractivity contribution < 1.29 is 4.42 Å². The number of rotatable bonds is 0. The monoisotopic (exact) mass is 213 g/mol. The highest BCUT2D eigenvalue weighted by molar-refractivity contribution is 6.66. The summed E-state index contributed by atoms with van der Waals surface area (Å²) in [7, 11) is 0. The van der Waals surface area contributed by atoms with E-state index in [0.717, 1.165) is 5.69 Å². The van der Waals surface area contributed by atoms with Gasteiger partial charge < -0.3 is 4.42 Å². The van der Waals surface area contributed by atoms with E-state index in [2.05, 4.69) is 4.98 Å². The zero-order valence-corrected chi connectivity index (χ0v) is 8.26. The number of aromatic nitrogens is 1. The van der Waals surface area contributed by atoms with Crippen molar-refractivity contribution in [3.8, 4) is 0 Å². The van der Waals surface area contributed by atoms with Crippen molar-refractivity contribution in [2.24, 2.45) is 0 Å². The summed E-state index contributed by atoms with van der Waals surface area (Å²) in [5.74, 6) is 0.795. The number of nitrogens with zero attached hydrogens (tertiary/aromatic N) is 1. The largest absolute Gasteiger partial charge is 0.441 e. The van der Waals surface area contributed by atoms with Gasteiger partial charge in [0, 0.05) is 0 Å². The minimum absolute atomic E-state index is 0.123. The predicted molar refractivity (Wildman–Crippen MR) is 45.2 cm³/mol. The number of halogens is 3. The number of alkyl halides is 3. The topological polar surface area (TPSA) is 26.0 Å². The van der Waals surface area contributed by atoms with Crippen molar-refractivity contribution in [3.63, 3.8) is 0 Å². The van der Waals surface area contributed by atoms with Gasteiger partial charge in [0.1, 0.15) is 5.76 Å². The second kappa shape index (κ2) is 2.85. The van der Waals surface area contributed by atoms with Crippen LogP contribution in [-0.2, 0) is 3.79 Å². The fraction of sp³-hybridized carbons (Fsp3) is 0.500. The average Bonchev–Trinajstić information content (AvgIpc) is 2.11. The second-order valence-electron chi connectivity index (χ2n) is 2.16. The number of hydrogen-bond donors (Lipinski definition) is 0. The lowest BCUT2D eigenvalue weighted by Crippen LogP contribution is -1.99. The molecule has 11 heavy (non-hydrogen) atoms. The van der Waals surface area contributed by atoms with Gasteiger partial charge in [0.15, 0.2) is 0 Å². The van der Waals surface area contributed by atoms with E-state index in [0.29, 0.717) is 5.76 Å². The summed E-state index contributed by atoms with van der Waals surface area (Å²) in [6.07, 6.45) is 0. The van der Waals surface area contributed by atoms with Gasteiger partial charge in [0.05, 0.1) is 5.69 Å². The Morgan fingerprint density at radius 3 is 2.00 bits per heavy atom. The molecule has 0 N–H and O–H groups in total. The Bertz CT molecular complexity index is 244.